The van der Waals surface area contributed by atoms with Crippen LogP contribution in [0.25, 0.3) is 12.2 Å². The second-order valence-corrected chi connectivity index (χ2v) is 3.46. The molecule has 2 rings (SSSR count). The van der Waals surface area contributed by atoms with Crippen LogP contribution >= 0.6 is 0 Å². The Balaban J connectivity index is 2.34. The van der Waals surface area contributed by atoms with E-state index in [-0.39, 0.29) is 11.3 Å². The van der Waals surface area contributed by atoms with E-state index in [0.717, 1.165) is 0 Å². The van der Waals surface area contributed by atoms with Crippen LogP contribution in [0.1, 0.15) is 21.7 Å². The molecule has 86 valence electrons. The lowest BCUT2D eigenvalue weighted by atomic mass is 10.1. The predicted molar refractivity (Wildman–Crippen MR) is 64.3 cm³/mol. The number of carbonyl (C=O) groups excluding carboxylic acids is 1. The van der Waals surface area contributed by atoms with Gasteiger partial charge < -0.3 is 15.3 Å². The van der Waals surface area contributed by atoms with Gasteiger partial charge in [-0.2, -0.15) is 0 Å². The molecule has 0 aliphatic heterocycles. The zero-order chi connectivity index (χ0) is 12.3. The SMILES string of the molecule is NC(=O)c1cccc(/C=C/c2ccco2)c1O. The molecule has 0 radical (unpaired) electrons. The van der Waals surface area contributed by atoms with Crippen molar-refractivity contribution in [3.63, 3.8) is 0 Å². The Morgan fingerprint density at radius 1 is 1.24 bits per heavy atom. The van der Waals surface area contributed by atoms with E-state index in [1.54, 1.807) is 42.7 Å². The number of nitrogens with two attached hydrogens (primary N) is 1. The Morgan fingerprint density at radius 3 is 2.71 bits per heavy atom. The van der Waals surface area contributed by atoms with Crippen LogP contribution in [-0.2, 0) is 0 Å². The molecule has 0 fully saturated rings. The average Bonchev–Trinajstić information content (AvgIpc) is 2.80. The normalized spacial score (nSPS) is 10.8. The highest BCUT2D eigenvalue weighted by molar-refractivity contribution is 5.97. The molecule has 1 aromatic carbocycles. The van der Waals surface area contributed by atoms with Gasteiger partial charge in [0.2, 0.25) is 0 Å². The van der Waals surface area contributed by atoms with Crippen LogP contribution in [0.3, 0.4) is 0 Å². The zero-order valence-electron chi connectivity index (χ0n) is 8.96. The summed E-state index contributed by atoms with van der Waals surface area (Å²) >= 11 is 0. The number of carbonyl (C=O) groups is 1. The third-order valence-corrected chi connectivity index (χ3v) is 2.30. The molecule has 0 spiro atoms. The average molecular weight is 229 g/mol. The van der Waals surface area contributed by atoms with Crippen molar-refractivity contribution in [1.29, 1.82) is 0 Å². The Labute approximate surface area is 98.0 Å². The van der Waals surface area contributed by atoms with Crippen LogP contribution < -0.4 is 5.73 Å². The first-order valence-corrected chi connectivity index (χ1v) is 5.02. The number of primary amides is 1. The molecule has 2 aromatic rings. The van der Waals surface area contributed by atoms with Gasteiger partial charge in [0, 0.05) is 5.56 Å². The van der Waals surface area contributed by atoms with Crippen molar-refractivity contribution in [2.75, 3.05) is 0 Å². The number of benzene rings is 1. The van der Waals surface area contributed by atoms with E-state index in [9.17, 15) is 9.90 Å². The van der Waals surface area contributed by atoms with Crippen LogP contribution in [0, 0.1) is 0 Å². The maximum Gasteiger partial charge on any atom is 0.252 e. The second-order valence-electron chi connectivity index (χ2n) is 3.46. The van der Waals surface area contributed by atoms with Crippen molar-refractivity contribution < 1.29 is 14.3 Å². The van der Waals surface area contributed by atoms with Crippen molar-refractivity contribution in [2.24, 2.45) is 5.73 Å². The van der Waals surface area contributed by atoms with Crippen LogP contribution in [0.4, 0.5) is 0 Å². The van der Waals surface area contributed by atoms with E-state index in [4.69, 9.17) is 10.2 Å². The lowest BCUT2D eigenvalue weighted by Crippen LogP contribution is -2.11. The molecule has 4 nitrogen and oxygen atoms in total. The minimum absolute atomic E-state index is 0.103. The van der Waals surface area contributed by atoms with Crippen molar-refractivity contribution >= 4 is 18.1 Å². The molecule has 1 heterocycles. The van der Waals surface area contributed by atoms with Crippen molar-refractivity contribution in [3.05, 3.63) is 53.5 Å². The van der Waals surface area contributed by atoms with Crippen LogP contribution in [-0.4, -0.2) is 11.0 Å². The van der Waals surface area contributed by atoms with Gasteiger partial charge in [0.1, 0.15) is 11.5 Å². The minimum Gasteiger partial charge on any atom is -0.506 e. The van der Waals surface area contributed by atoms with Crippen LogP contribution in [0.2, 0.25) is 0 Å². The molecular formula is C13H11NO3. The zero-order valence-corrected chi connectivity index (χ0v) is 8.96. The molecule has 4 heteroatoms. The van der Waals surface area contributed by atoms with Gasteiger partial charge in [-0.25, -0.2) is 0 Å². The van der Waals surface area contributed by atoms with Crippen LogP contribution in [0.5, 0.6) is 5.75 Å². The molecule has 0 aliphatic rings. The fraction of sp³-hybridized carbons (Fsp3) is 0. The van der Waals surface area contributed by atoms with Gasteiger partial charge >= 0.3 is 0 Å². The number of amides is 1. The lowest BCUT2D eigenvalue weighted by molar-refractivity contribution is 0.0997. The van der Waals surface area contributed by atoms with Gasteiger partial charge in [0.05, 0.1) is 11.8 Å². The van der Waals surface area contributed by atoms with Gasteiger partial charge in [0.15, 0.2) is 0 Å². The van der Waals surface area contributed by atoms with Crippen molar-refractivity contribution in [3.8, 4) is 5.75 Å². The molecule has 0 bridgehead atoms. The maximum absolute atomic E-state index is 11.0. The Kier molecular flexibility index (Phi) is 2.96. The quantitative estimate of drug-likeness (QED) is 0.847. The summed E-state index contributed by atoms with van der Waals surface area (Å²) in [6.45, 7) is 0. The summed E-state index contributed by atoms with van der Waals surface area (Å²) in [5.74, 6) is -0.118. The van der Waals surface area contributed by atoms with Gasteiger partial charge in [0.25, 0.3) is 5.91 Å². The molecule has 17 heavy (non-hydrogen) atoms. The molecule has 1 amide bonds. The fourth-order valence-corrected chi connectivity index (χ4v) is 1.45. The highest BCUT2D eigenvalue weighted by atomic mass is 16.3. The van der Waals surface area contributed by atoms with E-state index in [1.165, 1.54) is 6.07 Å². The molecule has 0 aliphatic carbocycles. The van der Waals surface area contributed by atoms with E-state index in [2.05, 4.69) is 0 Å². The second kappa shape index (κ2) is 4.57. The predicted octanol–water partition coefficient (Wildman–Crippen LogP) is 2.25. The summed E-state index contributed by atoms with van der Waals surface area (Å²) in [5, 5.41) is 9.81. The van der Waals surface area contributed by atoms with Crippen molar-refractivity contribution in [2.45, 2.75) is 0 Å². The van der Waals surface area contributed by atoms with Gasteiger partial charge in [-0.05, 0) is 30.4 Å². The Bertz CT molecular complexity index is 556. The summed E-state index contributed by atoms with van der Waals surface area (Å²) < 4.78 is 5.11. The first-order valence-electron chi connectivity index (χ1n) is 5.02. The monoisotopic (exact) mass is 229 g/mol. The number of aromatic hydroxyl groups is 1. The number of furan rings is 1. The first kappa shape index (κ1) is 11.0. The Morgan fingerprint density at radius 2 is 2.06 bits per heavy atom. The lowest BCUT2D eigenvalue weighted by Gasteiger charge is -2.03. The first-order chi connectivity index (χ1) is 8.18. The molecule has 1 aromatic heterocycles. The van der Waals surface area contributed by atoms with E-state index >= 15 is 0 Å². The molecular weight excluding hydrogens is 218 g/mol. The topological polar surface area (TPSA) is 76.5 Å². The fourth-order valence-electron chi connectivity index (χ4n) is 1.45. The highest BCUT2D eigenvalue weighted by Gasteiger charge is 2.09. The van der Waals surface area contributed by atoms with Gasteiger partial charge in [-0.3, -0.25) is 4.79 Å². The maximum atomic E-state index is 11.0. The third-order valence-electron chi connectivity index (χ3n) is 2.30. The largest absolute Gasteiger partial charge is 0.506 e. The molecule has 3 N–H and O–H groups in total. The highest BCUT2D eigenvalue weighted by Crippen LogP contribution is 2.24. The third kappa shape index (κ3) is 2.36. The van der Waals surface area contributed by atoms with Crippen LogP contribution in [0.15, 0.2) is 41.0 Å². The van der Waals surface area contributed by atoms with Gasteiger partial charge in [-0.1, -0.05) is 12.1 Å². The molecule has 0 saturated carbocycles. The number of hydrogen-bond donors (Lipinski definition) is 2. The summed E-state index contributed by atoms with van der Waals surface area (Å²) in [6, 6.07) is 8.36. The minimum atomic E-state index is -0.657. The molecule has 0 unspecified atom stereocenters. The summed E-state index contributed by atoms with van der Waals surface area (Å²) in [5.41, 5.74) is 5.75. The van der Waals surface area contributed by atoms with E-state index in [1.807, 2.05) is 0 Å². The number of rotatable bonds is 3. The number of phenols is 1. The Hall–Kier alpha value is -2.49. The van der Waals surface area contributed by atoms with E-state index in [0.29, 0.717) is 11.3 Å². The molecule has 0 atom stereocenters. The summed E-state index contributed by atoms with van der Waals surface area (Å²) in [6.07, 6.45) is 4.90. The summed E-state index contributed by atoms with van der Waals surface area (Å²) in [4.78, 5) is 11.0. The standard InChI is InChI=1S/C13H11NO3/c14-13(16)11-5-1-3-9(12(11)15)6-7-10-4-2-8-17-10/h1-8,15H,(H2,14,16)/b7-6+. The number of hydrogen-bond acceptors (Lipinski definition) is 3. The molecule has 0 saturated heterocycles. The smallest absolute Gasteiger partial charge is 0.252 e. The summed E-state index contributed by atoms with van der Waals surface area (Å²) in [7, 11) is 0. The van der Waals surface area contributed by atoms with E-state index < -0.39 is 5.91 Å². The number of para-hydroxylation sites is 1. The van der Waals surface area contributed by atoms with Crippen molar-refractivity contribution in [1.82, 2.24) is 0 Å². The van der Waals surface area contributed by atoms with Gasteiger partial charge in [-0.15, -0.1) is 0 Å².